The van der Waals surface area contributed by atoms with Crippen LogP contribution < -0.4 is 14.4 Å². The minimum Gasteiger partial charge on any atom is -0.454 e. The summed E-state index contributed by atoms with van der Waals surface area (Å²) in [7, 11) is 0. The molecule has 1 fully saturated rings. The molecule has 0 bridgehead atoms. The number of benzene rings is 7. The van der Waals surface area contributed by atoms with Gasteiger partial charge in [-0.15, -0.1) is 0 Å². The van der Waals surface area contributed by atoms with Crippen LogP contribution in [0, 0.1) is 17.8 Å². The van der Waals surface area contributed by atoms with Crippen molar-refractivity contribution in [2.24, 2.45) is 17.8 Å². The van der Waals surface area contributed by atoms with Crippen molar-refractivity contribution >= 4 is 28.2 Å². The molecular formula is C62H45NO2. The Labute approximate surface area is 380 Å². The van der Waals surface area contributed by atoms with E-state index in [1.807, 2.05) is 0 Å². The first-order chi connectivity index (χ1) is 32.2. The van der Waals surface area contributed by atoms with Crippen molar-refractivity contribution < 1.29 is 9.47 Å². The highest BCUT2D eigenvalue weighted by Gasteiger charge is 2.55. The molecule has 0 amide bonds. The molecule has 3 atom stereocenters. The van der Waals surface area contributed by atoms with Crippen molar-refractivity contribution in [3.05, 3.63) is 257 Å². The van der Waals surface area contributed by atoms with Crippen LogP contribution in [0.2, 0.25) is 0 Å². The van der Waals surface area contributed by atoms with Gasteiger partial charge in [0, 0.05) is 29.4 Å². The van der Waals surface area contributed by atoms with Crippen LogP contribution in [0.15, 0.2) is 229 Å². The van der Waals surface area contributed by atoms with Crippen molar-refractivity contribution in [3.63, 3.8) is 0 Å². The molecule has 0 aromatic heterocycles. The predicted octanol–water partition coefficient (Wildman–Crippen LogP) is 15.5. The van der Waals surface area contributed by atoms with E-state index in [2.05, 4.69) is 211 Å². The standard InChI is InChI=1S/C62H45NO2/c1-3-15-39(16-4-1)40-29-31-43(32-30-40)63(44-20-13-19-42(37-44)46-24-14-25-50-58(59(46)50)41-17-5-2-6-18-41)45-33-35-55-57(38-45)64-56-36-34-54-60(61(56)65-55)49-23-9-12-28-53(49)62(54)51-26-10-7-21-47(51)48-22-8-11-27-52(48)62/h1,3-5,7-33,35,37-38,50,58-59H,2,6,34,36H2/t50?,58?,59-/m1/s1. The van der Waals surface area contributed by atoms with Gasteiger partial charge in [0.2, 0.25) is 0 Å². The number of allylic oxidation sites excluding steroid dienone is 11. The molecule has 1 heterocycles. The van der Waals surface area contributed by atoms with E-state index in [0.29, 0.717) is 17.8 Å². The average Bonchev–Trinajstić information content (AvgIpc) is 3.94. The van der Waals surface area contributed by atoms with Crippen molar-refractivity contribution in [2.75, 3.05) is 4.90 Å². The van der Waals surface area contributed by atoms with Gasteiger partial charge in [-0.2, -0.15) is 0 Å². The van der Waals surface area contributed by atoms with Crippen LogP contribution in [0.25, 0.3) is 33.4 Å². The molecule has 2 unspecified atom stereocenters. The van der Waals surface area contributed by atoms with E-state index in [-0.39, 0.29) is 5.41 Å². The first-order valence-corrected chi connectivity index (χ1v) is 23.3. The molecule has 7 aliphatic rings. The molecule has 1 saturated carbocycles. The Morgan fingerprint density at radius 1 is 0.523 bits per heavy atom. The Bertz CT molecular complexity index is 3290. The Kier molecular flexibility index (Phi) is 8.04. The van der Waals surface area contributed by atoms with Gasteiger partial charge in [-0.3, -0.25) is 0 Å². The third kappa shape index (κ3) is 5.42. The maximum atomic E-state index is 7.13. The lowest BCUT2D eigenvalue weighted by Crippen LogP contribution is -2.29. The van der Waals surface area contributed by atoms with Gasteiger partial charge in [-0.1, -0.05) is 164 Å². The number of anilines is 3. The number of fused-ring (bicyclic) bond motifs is 12. The summed E-state index contributed by atoms with van der Waals surface area (Å²) in [5, 5.41) is 0. The second-order valence-corrected chi connectivity index (χ2v) is 18.4. The average molecular weight is 836 g/mol. The highest BCUT2D eigenvalue weighted by Crippen LogP contribution is 2.66. The zero-order valence-electron chi connectivity index (χ0n) is 36.0. The normalized spacial score (nSPS) is 20.8. The molecular weight excluding hydrogens is 791 g/mol. The van der Waals surface area contributed by atoms with Gasteiger partial charge in [0.25, 0.3) is 0 Å². The topological polar surface area (TPSA) is 21.7 Å². The van der Waals surface area contributed by atoms with Gasteiger partial charge in [-0.05, 0) is 140 Å². The van der Waals surface area contributed by atoms with Crippen LogP contribution in [0.5, 0.6) is 11.5 Å². The summed E-state index contributed by atoms with van der Waals surface area (Å²) in [4.78, 5) is 2.37. The molecule has 3 heteroatoms. The highest BCUT2D eigenvalue weighted by atomic mass is 16.6. The summed E-state index contributed by atoms with van der Waals surface area (Å²) in [5.74, 6) is 4.84. The first-order valence-electron chi connectivity index (χ1n) is 23.3. The zero-order valence-corrected chi connectivity index (χ0v) is 36.0. The summed E-state index contributed by atoms with van der Waals surface area (Å²) < 4.78 is 14.2. The summed E-state index contributed by atoms with van der Waals surface area (Å²) in [6, 6.07) is 62.1. The van der Waals surface area contributed by atoms with Crippen LogP contribution >= 0.6 is 0 Å². The Morgan fingerprint density at radius 3 is 1.97 bits per heavy atom. The molecule has 0 N–H and O–H groups in total. The van der Waals surface area contributed by atoms with Crippen LogP contribution in [0.4, 0.5) is 17.1 Å². The molecule has 310 valence electrons. The van der Waals surface area contributed by atoms with Crippen LogP contribution in [0.1, 0.15) is 53.5 Å². The lowest BCUT2D eigenvalue weighted by atomic mass is 9.68. The lowest BCUT2D eigenvalue weighted by molar-refractivity contribution is 0.291. The molecule has 0 radical (unpaired) electrons. The van der Waals surface area contributed by atoms with E-state index < -0.39 is 0 Å². The fourth-order valence-electron chi connectivity index (χ4n) is 12.4. The zero-order chi connectivity index (χ0) is 42.6. The summed E-state index contributed by atoms with van der Waals surface area (Å²) >= 11 is 0. The molecule has 65 heavy (non-hydrogen) atoms. The second kappa shape index (κ2) is 14.2. The van der Waals surface area contributed by atoms with E-state index in [1.54, 1.807) is 0 Å². The fourth-order valence-corrected chi connectivity index (χ4v) is 12.4. The van der Waals surface area contributed by atoms with Crippen LogP contribution in [-0.4, -0.2) is 0 Å². The number of hydrogen-bond donors (Lipinski definition) is 0. The Hall–Kier alpha value is -7.62. The maximum absolute atomic E-state index is 7.13. The molecule has 6 aliphatic carbocycles. The number of hydrogen-bond acceptors (Lipinski definition) is 3. The first kappa shape index (κ1) is 36.8. The van der Waals surface area contributed by atoms with Gasteiger partial charge >= 0.3 is 0 Å². The van der Waals surface area contributed by atoms with Gasteiger partial charge in [0.15, 0.2) is 17.3 Å². The summed E-state index contributed by atoms with van der Waals surface area (Å²) in [5.41, 5.74) is 19.9. The molecule has 14 rings (SSSR count). The van der Waals surface area contributed by atoms with Gasteiger partial charge in [0.05, 0.1) is 11.1 Å². The van der Waals surface area contributed by atoms with E-state index in [4.69, 9.17) is 9.47 Å². The maximum Gasteiger partial charge on any atom is 0.173 e. The molecule has 3 nitrogen and oxygen atoms in total. The van der Waals surface area contributed by atoms with Crippen LogP contribution in [0.3, 0.4) is 0 Å². The molecule has 1 aliphatic heterocycles. The van der Waals surface area contributed by atoms with E-state index >= 15 is 0 Å². The summed E-state index contributed by atoms with van der Waals surface area (Å²) in [6.45, 7) is 0. The van der Waals surface area contributed by atoms with E-state index in [1.165, 1.54) is 72.4 Å². The largest absolute Gasteiger partial charge is 0.454 e. The minimum absolute atomic E-state index is 0.369. The molecule has 7 aromatic carbocycles. The smallest absolute Gasteiger partial charge is 0.173 e. The van der Waals surface area contributed by atoms with Crippen molar-refractivity contribution in [1.29, 1.82) is 0 Å². The number of ether oxygens (including phenoxy) is 2. The van der Waals surface area contributed by atoms with Crippen molar-refractivity contribution in [2.45, 2.75) is 31.1 Å². The monoisotopic (exact) mass is 835 g/mol. The molecule has 7 aromatic rings. The van der Waals surface area contributed by atoms with E-state index in [0.717, 1.165) is 65.8 Å². The predicted molar refractivity (Wildman–Crippen MR) is 263 cm³/mol. The Morgan fingerprint density at radius 2 is 1.20 bits per heavy atom. The van der Waals surface area contributed by atoms with Crippen LogP contribution in [-0.2, 0) is 5.41 Å². The molecule has 0 saturated heterocycles. The van der Waals surface area contributed by atoms with Gasteiger partial charge in [-0.25, -0.2) is 0 Å². The quantitative estimate of drug-likeness (QED) is 0.167. The third-order valence-electron chi connectivity index (χ3n) is 15.1. The van der Waals surface area contributed by atoms with E-state index in [9.17, 15) is 0 Å². The number of rotatable bonds is 6. The third-order valence-corrected chi connectivity index (χ3v) is 15.1. The number of nitrogens with zero attached hydrogens (tertiary/aromatic N) is 1. The van der Waals surface area contributed by atoms with Gasteiger partial charge in [0.1, 0.15) is 5.76 Å². The second-order valence-electron chi connectivity index (χ2n) is 18.4. The molecule has 1 spiro atoms. The Balaban J connectivity index is 0.858. The van der Waals surface area contributed by atoms with Gasteiger partial charge < -0.3 is 14.4 Å². The van der Waals surface area contributed by atoms with Crippen molar-refractivity contribution in [3.8, 4) is 33.8 Å². The van der Waals surface area contributed by atoms with Crippen molar-refractivity contribution in [1.82, 2.24) is 0 Å². The summed E-state index contributed by atoms with van der Waals surface area (Å²) in [6.07, 6.45) is 18.1. The highest BCUT2D eigenvalue weighted by molar-refractivity contribution is 5.99. The fraction of sp³-hybridized carbons (Fsp3) is 0.129. The SMILES string of the molecule is C1=CC2C(C3=CCCC=C3)[C@@H]2C(c2cccc(N(c3ccc(-c4ccccc4)cc3)c3ccc4c(c3)OC3=C(O4)C4=C(CC3)C3(c5ccccc54)c4ccccc4-c4ccccc43)c2)=C1. The minimum atomic E-state index is -0.369. The lowest BCUT2D eigenvalue weighted by Gasteiger charge is -2.35.